The van der Waals surface area contributed by atoms with Gasteiger partial charge in [-0.05, 0) is 24.3 Å². The van der Waals surface area contributed by atoms with E-state index in [9.17, 15) is 8.42 Å². The molecule has 0 spiro atoms. The van der Waals surface area contributed by atoms with E-state index in [0.29, 0.717) is 24.6 Å². The normalized spacial score (nSPS) is 11.1. The number of rotatable bonds is 6. The van der Waals surface area contributed by atoms with E-state index in [2.05, 4.69) is 14.7 Å². The Morgan fingerprint density at radius 3 is 2.40 bits per heavy atom. The number of anilines is 1. The highest BCUT2D eigenvalue weighted by Crippen LogP contribution is 2.18. The van der Waals surface area contributed by atoms with Crippen LogP contribution in [0.15, 0.2) is 47.9 Å². The second-order valence-corrected chi connectivity index (χ2v) is 5.52. The summed E-state index contributed by atoms with van der Waals surface area (Å²) in [7, 11) is -3.66. The molecule has 1 aromatic heterocycles. The summed E-state index contributed by atoms with van der Waals surface area (Å²) in [6, 6.07) is 6.06. The van der Waals surface area contributed by atoms with Crippen LogP contribution in [0.5, 0.6) is 5.75 Å². The predicted octanol–water partition coefficient (Wildman–Crippen LogP) is 0.615. The minimum absolute atomic E-state index is 0.126. The van der Waals surface area contributed by atoms with Crippen molar-refractivity contribution in [3.8, 4) is 5.75 Å². The Morgan fingerprint density at radius 2 is 1.80 bits per heavy atom. The number of hydrogen-bond donors (Lipinski definition) is 2. The van der Waals surface area contributed by atoms with Crippen LogP contribution in [-0.4, -0.2) is 31.5 Å². The van der Waals surface area contributed by atoms with Crippen LogP contribution in [0.2, 0.25) is 0 Å². The van der Waals surface area contributed by atoms with Crippen LogP contribution in [0.1, 0.15) is 0 Å². The van der Waals surface area contributed by atoms with Crippen LogP contribution in [0.3, 0.4) is 0 Å². The van der Waals surface area contributed by atoms with Gasteiger partial charge >= 0.3 is 0 Å². The molecule has 1 heterocycles. The Labute approximate surface area is 116 Å². The molecule has 0 unspecified atom stereocenters. The average molecular weight is 294 g/mol. The molecule has 0 saturated carbocycles. The maximum absolute atomic E-state index is 12.1. The van der Waals surface area contributed by atoms with Crippen molar-refractivity contribution < 1.29 is 13.2 Å². The molecule has 106 valence electrons. The molecule has 8 heteroatoms. The van der Waals surface area contributed by atoms with Crippen LogP contribution in [0.25, 0.3) is 0 Å². The number of sulfonamides is 1. The summed E-state index contributed by atoms with van der Waals surface area (Å²) in [6.45, 7) is 0.779. The summed E-state index contributed by atoms with van der Waals surface area (Å²) >= 11 is 0. The van der Waals surface area contributed by atoms with E-state index in [1.807, 2.05) is 0 Å². The second-order valence-electron chi connectivity index (χ2n) is 3.84. The summed E-state index contributed by atoms with van der Waals surface area (Å²) in [6.07, 6.45) is 4.08. The van der Waals surface area contributed by atoms with Crippen LogP contribution in [0.4, 0.5) is 5.69 Å². The van der Waals surface area contributed by atoms with Crippen molar-refractivity contribution in [2.24, 2.45) is 5.73 Å². The van der Waals surface area contributed by atoms with E-state index in [1.54, 1.807) is 12.1 Å². The van der Waals surface area contributed by atoms with Gasteiger partial charge in [0.1, 0.15) is 18.7 Å². The van der Waals surface area contributed by atoms with E-state index in [0.717, 1.165) is 0 Å². The molecule has 2 rings (SSSR count). The van der Waals surface area contributed by atoms with Crippen LogP contribution in [-0.2, 0) is 10.0 Å². The van der Waals surface area contributed by atoms with Crippen LogP contribution in [0, 0.1) is 0 Å². The van der Waals surface area contributed by atoms with Crippen molar-refractivity contribution in [1.29, 1.82) is 0 Å². The van der Waals surface area contributed by atoms with Gasteiger partial charge in [-0.1, -0.05) is 0 Å². The molecule has 0 aliphatic heterocycles. The SMILES string of the molecule is NCCOc1ccc(S(=O)(=O)Nc2cncnc2)cc1. The molecule has 1 aromatic carbocycles. The van der Waals surface area contributed by atoms with Crippen molar-refractivity contribution in [1.82, 2.24) is 9.97 Å². The minimum atomic E-state index is -3.66. The van der Waals surface area contributed by atoms with Gasteiger partial charge in [-0.15, -0.1) is 0 Å². The molecular formula is C12H14N4O3S. The Hall–Kier alpha value is -2.19. The van der Waals surface area contributed by atoms with E-state index >= 15 is 0 Å². The number of hydrogen-bond acceptors (Lipinski definition) is 6. The molecule has 0 bridgehead atoms. The van der Waals surface area contributed by atoms with Crippen molar-refractivity contribution in [3.05, 3.63) is 43.0 Å². The summed E-state index contributed by atoms with van der Waals surface area (Å²) in [5.41, 5.74) is 5.62. The molecule has 0 fully saturated rings. The first-order valence-corrected chi connectivity index (χ1v) is 7.31. The van der Waals surface area contributed by atoms with Gasteiger partial charge in [0, 0.05) is 6.54 Å². The number of benzene rings is 1. The molecule has 0 saturated heterocycles. The Bertz CT molecular complexity index is 644. The molecule has 0 atom stereocenters. The molecule has 0 radical (unpaired) electrons. The Kier molecular flexibility index (Phi) is 4.49. The smallest absolute Gasteiger partial charge is 0.261 e. The fourth-order valence-corrected chi connectivity index (χ4v) is 2.49. The van der Waals surface area contributed by atoms with E-state index in [1.165, 1.54) is 30.9 Å². The first-order chi connectivity index (χ1) is 9.62. The lowest BCUT2D eigenvalue weighted by molar-refractivity contribution is 0.328. The van der Waals surface area contributed by atoms with Crippen molar-refractivity contribution in [2.45, 2.75) is 4.90 Å². The number of ether oxygens (including phenoxy) is 1. The third-order valence-electron chi connectivity index (χ3n) is 2.33. The number of nitrogens with two attached hydrogens (primary N) is 1. The molecule has 3 N–H and O–H groups in total. The monoisotopic (exact) mass is 294 g/mol. The first-order valence-electron chi connectivity index (χ1n) is 5.82. The molecule has 0 aliphatic carbocycles. The third-order valence-corrected chi connectivity index (χ3v) is 3.73. The van der Waals surface area contributed by atoms with Gasteiger partial charge < -0.3 is 10.5 Å². The fraction of sp³-hybridized carbons (Fsp3) is 0.167. The van der Waals surface area contributed by atoms with Gasteiger partial charge in [-0.25, -0.2) is 18.4 Å². The standard InChI is InChI=1S/C12H14N4O3S/c13-5-6-19-11-1-3-12(4-2-11)20(17,18)16-10-7-14-9-15-8-10/h1-4,7-9,16H,5-6,13H2. The van der Waals surface area contributed by atoms with Crippen molar-refractivity contribution >= 4 is 15.7 Å². The largest absolute Gasteiger partial charge is 0.492 e. The predicted molar refractivity (Wildman–Crippen MR) is 73.8 cm³/mol. The number of nitrogens with one attached hydrogen (secondary N) is 1. The maximum Gasteiger partial charge on any atom is 0.261 e. The summed E-state index contributed by atoms with van der Waals surface area (Å²) in [4.78, 5) is 7.61. The number of aromatic nitrogens is 2. The minimum Gasteiger partial charge on any atom is -0.492 e. The molecule has 2 aromatic rings. The van der Waals surface area contributed by atoms with Crippen LogP contribution < -0.4 is 15.2 Å². The maximum atomic E-state index is 12.1. The highest BCUT2D eigenvalue weighted by molar-refractivity contribution is 7.92. The molecule has 7 nitrogen and oxygen atoms in total. The van der Waals surface area contributed by atoms with Gasteiger partial charge in [0.05, 0.1) is 23.0 Å². The molecule has 20 heavy (non-hydrogen) atoms. The highest BCUT2D eigenvalue weighted by atomic mass is 32.2. The Morgan fingerprint density at radius 1 is 1.15 bits per heavy atom. The molecule has 0 amide bonds. The lowest BCUT2D eigenvalue weighted by Crippen LogP contribution is -2.13. The van der Waals surface area contributed by atoms with Gasteiger partial charge in [0.25, 0.3) is 10.0 Å². The second kappa shape index (κ2) is 6.31. The Balaban J connectivity index is 2.13. The molecular weight excluding hydrogens is 280 g/mol. The van der Waals surface area contributed by atoms with Gasteiger partial charge in [-0.3, -0.25) is 4.72 Å². The molecule has 0 aliphatic rings. The zero-order valence-electron chi connectivity index (χ0n) is 10.6. The van der Waals surface area contributed by atoms with E-state index < -0.39 is 10.0 Å². The lowest BCUT2D eigenvalue weighted by Gasteiger charge is -2.08. The third kappa shape index (κ3) is 3.65. The topological polar surface area (TPSA) is 107 Å². The highest BCUT2D eigenvalue weighted by Gasteiger charge is 2.14. The quantitative estimate of drug-likeness (QED) is 0.808. The van der Waals surface area contributed by atoms with Gasteiger partial charge in [0.2, 0.25) is 0 Å². The van der Waals surface area contributed by atoms with Gasteiger partial charge in [-0.2, -0.15) is 0 Å². The zero-order valence-corrected chi connectivity index (χ0v) is 11.4. The van der Waals surface area contributed by atoms with Crippen molar-refractivity contribution in [2.75, 3.05) is 17.9 Å². The summed E-state index contributed by atoms with van der Waals surface area (Å²) < 4.78 is 31.9. The first kappa shape index (κ1) is 14.2. The van der Waals surface area contributed by atoms with Crippen molar-refractivity contribution in [3.63, 3.8) is 0 Å². The van der Waals surface area contributed by atoms with E-state index in [-0.39, 0.29) is 4.90 Å². The van der Waals surface area contributed by atoms with Gasteiger partial charge in [0.15, 0.2) is 0 Å². The van der Waals surface area contributed by atoms with E-state index in [4.69, 9.17) is 10.5 Å². The summed E-state index contributed by atoms with van der Waals surface area (Å²) in [5, 5.41) is 0. The average Bonchev–Trinajstić information content (AvgIpc) is 2.46. The lowest BCUT2D eigenvalue weighted by atomic mass is 10.3. The zero-order chi connectivity index (χ0) is 14.4. The van der Waals surface area contributed by atoms with Crippen LogP contribution >= 0.6 is 0 Å². The number of nitrogens with zero attached hydrogens (tertiary/aromatic N) is 2. The summed E-state index contributed by atoms with van der Waals surface area (Å²) in [5.74, 6) is 0.567. The fourth-order valence-electron chi connectivity index (χ4n) is 1.46.